The normalized spacial score (nSPS) is 10.8. The number of hydrogen-bond donors (Lipinski definition) is 2. The van der Waals surface area contributed by atoms with Crippen molar-refractivity contribution in [3.05, 3.63) is 97.5 Å². The summed E-state index contributed by atoms with van der Waals surface area (Å²) in [7, 11) is 3.17. The van der Waals surface area contributed by atoms with E-state index in [2.05, 4.69) is 10.3 Å². The van der Waals surface area contributed by atoms with Gasteiger partial charge in [-0.15, -0.1) is 0 Å². The fourth-order valence-electron chi connectivity index (χ4n) is 3.77. The number of halogens is 1. The number of fused-ring (bicyclic) bond motifs is 1. The number of carbonyl (C=O) groups is 1. The fraction of sp³-hybridized carbons (Fsp3) is 0.192. The Balaban J connectivity index is 1.48. The van der Waals surface area contributed by atoms with Crippen LogP contribution in [0.25, 0.3) is 10.9 Å². The van der Waals surface area contributed by atoms with Crippen LogP contribution in [0.2, 0.25) is 5.02 Å². The lowest BCUT2D eigenvalue weighted by Crippen LogP contribution is -2.26. The van der Waals surface area contributed by atoms with Crippen LogP contribution < -0.4 is 20.3 Å². The molecule has 2 N–H and O–H groups in total. The molecule has 9 heteroatoms. The first-order valence-electron chi connectivity index (χ1n) is 10.9. The lowest BCUT2D eigenvalue weighted by Gasteiger charge is -2.11. The van der Waals surface area contributed by atoms with E-state index in [4.69, 9.17) is 33.3 Å². The van der Waals surface area contributed by atoms with Gasteiger partial charge < -0.3 is 19.8 Å². The molecule has 0 bridgehead atoms. The van der Waals surface area contributed by atoms with Crippen LogP contribution in [0, 0.1) is 4.77 Å². The highest BCUT2D eigenvalue weighted by molar-refractivity contribution is 7.71. The van der Waals surface area contributed by atoms with Gasteiger partial charge in [0.2, 0.25) is 0 Å². The molecule has 0 saturated heterocycles. The van der Waals surface area contributed by atoms with Gasteiger partial charge in [-0.1, -0.05) is 29.8 Å². The largest absolute Gasteiger partial charge is 0.493 e. The second-order valence-electron chi connectivity index (χ2n) is 7.90. The molecule has 0 radical (unpaired) electrons. The third-order valence-electron chi connectivity index (χ3n) is 5.65. The third-order valence-corrected chi connectivity index (χ3v) is 6.22. The zero-order valence-electron chi connectivity index (χ0n) is 19.3. The van der Waals surface area contributed by atoms with Crippen molar-refractivity contribution in [2.75, 3.05) is 20.8 Å². The van der Waals surface area contributed by atoms with Crippen molar-refractivity contribution >= 4 is 40.6 Å². The molecule has 7 nitrogen and oxygen atoms in total. The van der Waals surface area contributed by atoms with Crippen LogP contribution in [0.3, 0.4) is 0 Å². The Morgan fingerprint density at radius 2 is 1.71 bits per heavy atom. The van der Waals surface area contributed by atoms with Crippen molar-refractivity contribution < 1.29 is 14.3 Å². The molecular weight excluding hydrogens is 486 g/mol. The summed E-state index contributed by atoms with van der Waals surface area (Å²) in [6, 6.07) is 17.8. The van der Waals surface area contributed by atoms with E-state index in [1.54, 1.807) is 44.6 Å². The number of methoxy groups -OCH3 is 2. The standard InChI is InChI=1S/C26H24ClN3O4S/c1-33-22-10-5-16(13-23(22)34-2)11-12-28-24(31)18-6-9-20-21(14-18)29-26(35)30(25(20)32)15-17-3-7-19(27)8-4-17/h3-10,13-14H,11-12,15H2,1-2H3,(H,28,31)(H,29,35). The number of nitrogens with zero attached hydrogens (tertiary/aromatic N) is 1. The van der Waals surface area contributed by atoms with Gasteiger partial charge in [0, 0.05) is 17.1 Å². The van der Waals surface area contributed by atoms with Gasteiger partial charge in [-0.2, -0.15) is 0 Å². The molecule has 0 spiro atoms. The molecule has 180 valence electrons. The van der Waals surface area contributed by atoms with Gasteiger partial charge in [-0.25, -0.2) is 0 Å². The fourth-order valence-corrected chi connectivity index (χ4v) is 4.15. The number of benzene rings is 3. The summed E-state index contributed by atoms with van der Waals surface area (Å²) in [5.41, 5.74) is 2.64. The van der Waals surface area contributed by atoms with Crippen molar-refractivity contribution in [1.29, 1.82) is 0 Å². The molecule has 0 saturated carbocycles. The van der Waals surface area contributed by atoms with Gasteiger partial charge >= 0.3 is 0 Å². The average molecular weight is 510 g/mol. The predicted molar refractivity (Wildman–Crippen MR) is 140 cm³/mol. The highest BCUT2D eigenvalue weighted by atomic mass is 35.5. The SMILES string of the molecule is COc1ccc(CCNC(=O)c2ccc3c(=O)n(Cc4ccc(Cl)cc4)c(=S)[nH]c3c2)cc1OC. The molecule has 0 aliphatic heterocycles. The third kappa shape index (κ3) is 5.55. The molecule has 0 unspecified atom stereocenters. The number of H-pyrrole nitrogens is 1. The molecule has 1 heterocycles. The van der Waals surface area contributed by atoms with Crippen LogP contribution in [0.4, 0.5) is 0 Å². The second kappa shape index (κ2) is 10.8. The monoisotopic (exact) mass is 509 g/mol. The maximum Gasteiger partial charge on any atom is 0.262 e. The summed E-state index contributed by atoms with van der Waals surface area (Å²) < 4.78 is 12.3. The van der Waals surface area contributed by atoms with Crippen LogP contribution in [-0.2, 0) is 13.0 Å². The van der Waals surface area contributed by atoms with Crippen LogP contribution in [0.15, 0.2) is 65.5 Å². The van der Waals surface area contributed by atoms with Gasteiger partial charge in [0.15, 0.2) is 16.3 Å². The van der Waals surface area contributed by atoms with Crippen LogP contribution >= 0.6 is 23.8 Å². The quantitative estimate of drug-likeness (QED) is 0.335. The van der Waals surface area contributed by atoms with Crippen LogP contribution in [-0.4, -0.2) is 36.2 Å². The Bertz CT molecular complexity index is 1500. The summed E-state index contributed by atoms with van der Waals surface area (Å²) in [6.07, 6.45) is 0.623. The van der Waals surface area contributed by atoms with Gasteiger partial charge in [0.1, 0.15) is 0 Å². The molecule has 4 rings (SSSR count). The van der Waals surface area contributed by atoms with E-state index in [9.17, 15) is 9.59 Å². The molecule has 1 amide bonds. The minimum absolute atomic E-state index is 0.223. The number of aromatic amines is 1. The lowest BCUT2D eigenvalue weighted by atomic mass is 10.1. The number of carbonyl (C=O) groups excluding carboxylic acids is 1. The lowest BCUT2D eigenvalue weighted by molar-refractivity contribution is 0.0954. The van der Waals surface area contributed by atoms with Crippen molar-refractivity contribution in [3.63, 3.8) is 0 Å². The van der Waals surface area contributed by atoms with E-state index in [-0.39, 0.29) is 16.2 Å². The van der Waals surface area contributed by atoms with Crippen LogP contribution in [0.5, 0.6) is 11.5 Å². The Kier molecular flexibility index (Phi) is 7.53. The average Bonchev–Trinajstić information content (AvgIpc) is 2.87. The minimum atomic E-state index is -0.239. The number of rotatable bonds is 8. The first-order valence-corrected chi connectivity index (χ1v) is 11.7. The molecule has 0 atom stereocenters. The molecule has 4 aromatic rings. The molecule has 0 fully saturated rings. The summed E-state index contributed by atoms with van der Waals surface area (Å²) in [4.78, 5) is 28.9. The van der Waals surface area contributed by atoms with Crippen molar-refractivity contribution in [2.45, 2.75) is 13.0 Å². The molecule has 0 aliphatic rings. The van der Waals surface area contributed by atoms with E-state index in [1.807, 2.05) is 30.3 Å². The number of nitrogens with one attached hydrogen (secondary N) is 2. The van der Waals surface area contributed by atoms with Gasteiger partial charge in [0.25, 0.3) is 11.5 Å². The number of ether oxygens (including phenoxy) is 2. The number of amides is 1. The van der Waals surface area contributed by atoms with Crippen molar-refractivity contribution in [1.82, 2.24) is 14.9 Å². The molecule has 3 aromatic carbocycles. The zero-order chi connectivity index (χ0) is 24.9. The summed E-state index contributed by atoms with van der Waals surface area (Å²) >= 11 is 11.4. The Morgan fingerprint density at radius 3 is 2.43 bits per heavy atom. The van der Waals surface area contributed by atoms with E-state index in [1.165, 1.54) is 4.57 Å². The van der Waals surface area contributed by atoms with Gasteiger partial charge in [-0.3, -0.25) is 14.2 Å². The molecule has 1 aromatic heterocycles. The molecular formula is C26H24ClN3O4S. The van der Waals surface area contributed by atoms with Crippen molar-refractivity contribution in [3.8, 4) is 11.5 Å². The van der Waals surface area contributed by atoms with E-state index in [0.717, 1.165) is 11.1 Å². The first kappa shape index (κ1) is 24.5. The topological polar surface area (TPSA) is 85.4 Å². The van der Waals surface area contributed by atoms with Gasteiger partial charge in [-0.05, 0) is 72.2 Å². The van der Waals surface area contributed by atoms with E-state index in [0.29, 0.717) is 52.5 Å². The minimum Gasteiger partial charge on any atom is -0.493 e. The Morgan fingerprint density at radius 1 is 1.00 bits per heavy atom. The predicted octanol–water partition coefficient (Wildman–Crippen LogP) is 4.75. The summed E-state index contributed by atoms with van der Waals surface area (Å²) in [5.74, 6) is 1.06. The Labute approximate surface area is 212 Å². The first-order chi connectivity index (χ1) is 16.9. The maximum atomic E-state index is 13.1. The van der Waals surface area contributed by atoms with Gasteiger partial charge in [0.05, 0.1) is 31.7 Å². The number of hydrogen-bond acceptors (Lipinski definition) is 5. The summed E-state index contributed by atoms with van der Waals surface area (Å²) in [6.45, 7) is 0.755. The highest BCUT2D eigenvalue weighted by Gasteiger charge is 2.11. The highest BCUT2D eigenvalue weighted by Crippen LogP contribution is 2.27. The second-order valence-corrected chi connectivity index (χ2v) is 8.73. The van der Waals surface area contributed by atoms with E-state index >= 15 is 0 Å². The zero-order valence-corrected chi connectivity index (χ0v) is 20.8. The van der Waals surface area contributed by atoms with E-state index < -0.39 is 0 Å². The summed E-state index contributed by atoms with van der Waals surface area (Å²) in [5, 5.41) is 3.99. The smallest absolute Gasteiger partial charge is 0.262 e. The molecule has 0 aliphatic carbocycles. The van der Waals surface area contributed by atoms with Crippen LogP contribution in [0.1, 0.15) is 21.5 Å². The Hall–Kier alpha value is -3.62. The maximum absolute atomic E-state index is 13.1. The van der Waals surface area contributed by atoms with Crippen molar-refractivity contribution in [2.24, 2.45) is 0 Å². The molecule has 35 heavy (non-hydrogen) atoms. The number of aromatic nitrogens is 2.